The molecule has 0 spiro atoms. The van der Waals surface area contributed by atoms with E-state index in [1.165, 1.54) is 31.2 Å². The van der Waals surface area contributed by atoms with Crippen LogP contribution in [0.25, 0.3) is 0 Å². The molecule has 3 nitrogen and oxygen atoms in total. The van der Waals surface area contributed by atoms with E-state index in [-0.39, 0.29) is 5.54 Å². The van der Waals surface area contributed by atoms with Gasteiger partial charge >= 0.3 is 0 Å². The van der Waals surface area contributed by atoms with Gasteiger partial charge in [-0.1, -0.05) is 19.8 Å². The first kappa shape index (κ1) is 15.6. The standard InChI is InChI=1S/C17H30N2O/c1-5-19(15-8-6-7-9-15)13-16-14(10-11-20-16)12-18-17(2,3)4/h10-11,15,18H,5-9,12-13H2,1-4H3. The molecule has 1 heterocycles. The number of furan rings is 1. The summed E-state index contributed by atoms with van der Waals surface area (Å²) in [7, 11) is 0. The Morgan fingerprint density at radius 2 is 2.00 bits per heavy atom. The molecule has 0 atom stereocenters. The lowest BCUT2D eigenvalue weighted by Crippen LogP contribution is -2.36. The fourth-order valence-electron chi connectivity index (χ4n) is 2.98. The molecule has 0 amide bonds. The average Bonchev–Trinajstić information content (AvgIpc) is 3.03. The Bertz CT molecular complexity index is 399. The van der Waals surface area contributed by atoms with Gasteiger partial charge < -0.3 is 9.73 Å². The van der Waals surface area contributed by atoms with Crippen LogP contribution in [-0.4, -0.2) is 23.0 Å². The van der Waals surface area contributed by atoms with Gasteiger partial charge in [0.15, 0.2) is 0 Å². The minimum Gasteiger partial charge on any atom is -0.468 e. The van der Waals surface area contributed by atoms with Crippen molar-refractivity contribution in [2.75, 3.05) is 6.54 Å². The van der Waals surface area contributed by atoms with E-state index in [0.29, 0.717) is 0 Å². The van der Waals surface area contributed by atoms with Gasteiger partial charge in [-0.05, 0) is 46.2 Å². The first-order chi connectivity index (χ1) is 9.49. The summed E-state index contributed by atoms with van der Waals surface area (Å²) in [6.07, 6.45) is 7.31. The van der Waals surface area contributed by atoms with E-state index in [2.05, 4.69) is 44.0 Å². The SMILES string of the molecule is CCN(Cc1occc1CNC(C)(C)C)C1CCCC1. The van der Waals surface area contributed by atoms with Crippen molar-refractivity contribution in [1.29, 1.82) is 0 Å². The molecule has 0 radical (unpaired) electrons. The van der Waals surface area contributed by atoms with E-state index in [1.807, 2.05) is 6.26 Å². The van der Waals surface area contributed by atoms with Crippen LogP contribution in [0, 0.1) is 0 Å². The predicted molar refractivity (Wildman–Crippen MR) is 83.6 cm³/mol. The normalized spacial score (nSPS) is 17.2. The number of rotatable bonds is 6. The van der Waals surface area contributed by atoms with Crippen LogP contribution in [0.5, 0.6) is 0 Å². The monoisotopic (exact) mass is 278 g/mol. The second-order valence-electron chi connectivity index (χ2n) is 6.97. The molecule has 0 unspecified atom stereocenters. The Hall–Kier alpha value is -0.800. The molecule has 2 rings (SSSR count). The highest BCUT2D eigenvalue weighted by atomic mass is 16.3. The van der Waals surface area contributed by atoms with Crippen LogP contribution < -0.4 is 5.32 Å². The Morgan fingerprint density at radius 1 is 1.30 bits per heavy atom. The highest BCUT2D eigenvalue weighted by Crippen LogP contribution is 2.25. The smallest absolute Gasteiger partial charge is 0.122 e. The third-order valence-corrected chi connectivity index (χ3v) is 4.24. The fourth-order valence-corrected chi connectivity index (χ4v) is 2.98. The summed E-state index contributed by atoms with van der Waals surface area (Å²) in [5.74, 6) is 1.13. The third kappa shape index (κ3) is 4.35. The molecule has 1 saturated carbocycles. The maximum absolute atomic E-state index is 5.74. The van der Waals surface area contributed by atoms with Crippen molar-refractivity contribution >= 4 is 0 Å². The van der Waals surface area contributed by atoms with Gasteiger partial charge in [-0.15, -0.1) is 0 Å². The van der Waals surface area contributed by atoms with E-state index in [4.69, 9.17) is 4.42 Å². The number of hydrogen-bond donors (Lipinski definition) is 1. The van der Waals surface area contributed by atoms with Crippen LogP contribution in [0.3, 0.4) is 0 Å². The first-order valence-electron chi connectivity index (χ1n) is 8.04. The van der Waals surface area contributed by atoms with E-state index < -0.39 is 0 Å². The van der Waals surface area contributed by atoms with Gasteiger partial charge in [-0.2, -0.15) is 0 Å². The molecule has 0 bridgehead atoms. The molecule has 0 saturated heterocycles. The summed E-state index contributed by atoms with van der Waals surface area (Å²) in [4.78, 5) is 2.58. The molecule has 1 aromatic rings. The third-order valence-electron chi connectivity index (χ3n) is 4.24. The maximum Gasteiger partial charge on any atom is 0.122 e. The van der Waals surface area contributed by atoms with Crippen molar-refractivity contribution in [3.05, 3.63) is 23.7 Å². The summed E-state index contributed by atoms with van der Waals surface area (Å²) >= 11 is 0. The molecule has 3 heteroatoms. The Morgan fingerprint density at radius 3 is 2.60 bits per heavy atom. The van der Waals surface area contributed by atoms with Gasteiger partial charge in [0.25, 0.3) is 0 Å². The summed E-state index contributed by atoms with van der Waals surface area (Å²) in [5, 5.41) is 3.55. The zero-order valence-corrected chi connectivity index (χ0v) is 13.5. The van der Waals surface area contributed by atoms with Gasteiger partial charge in [0.2, 0.25) is 0 Å². The molecule has 0 aromatic carbocycles. The van der Waals surface area contributed by atoms with E-state index >= 15 is 0 Å². The summed E-state index contributed by atoms with van der Waals surface area (Å²) in [6.45, 7) is 11.8. The van der Waals surface area contributed by atoms with Crippen molar-refractivity contribution in [3.8, 4) is 0 Å². The van der Waals surface area contributed by atoms with Crippen LogP contribution in [0.15, 0.2) is 16.7 Å². The molecular weight excluding hydrogens is 248 g/mol. The Balaban J connectivity index is 1.96. The minimum atomic E-state index is 0.143. The number of hydrogen-bond acceptors (Lipinski definition) is 3. The average molecular weight is 278 g/mol. The van der Waals surface area contributed by atoms with Gasteiger partial charge in [0.1, 0.15) is 5.76 Å². The lowest BCUT2D eigenvalue weighted by Gasteiger charge is -2.27. The zero-order valence-electron chi connectivity index (χ0n) is 13.5. The van der Waals surface area contributed by atoms with Crippen LogP contribution in [-0.2, 0) is 13.1 Å². The Labute approximate surface area is 123 Å². The summed E-state index contributed by atoms with van der Waals surface area (Å²) < 4.78 is 5.74. The highest BCUT2D eigenvalue weighted by molar-refractivity contribution is 5.17. The minimum absolute atomic E-state index is 0.143. The van der Waals surface area contributed by atoms with Crippen molar-refractivity contribution in [1.82, 2.24) is 10.2 Å². The molecule has 1 aromatic heterocycles. The lowest BCUT2D eigenvalue weighted by molar-refractivity contribution is 0.184. The fraction of sp³-hybridized carbons (Fsp3) is 0.765. The summed E-state index contributed by atoms with van der Waals surface area (Å²) in [6, 6.07) is 2.87. The zero-order chi connectivity index (χ0) is 14.6. The summed E-state index contributed by atoms with van der Waals surface area (Å²) in [5.41, 5.74) is 1.45. The molecule has 114 valence electrons. The molecule has 1 aliphatic rings. The highest BCUT2D eigenvalue weighted by Gasteiger charge is 2.23. The van der Waals surface area contributed by atoms with Crippen LogP contribution >= 0.6 is 0 Å². The lowest BCUT2D eigenvalue weighted by atomic mass is 10.1. The first-order valence-corrected chi connectivity index (χ1v) is 8.04. The van der Waals surface area contributed by atoms with Crippen molar-refractivity contribution in [3.63, 3.8) is 0 Å². The molecule has 20 heavy (non-hydrogen) atoms. The van der Waals surface area contributed by atoms with Crippen molar-refractivity contribution in [2.24, 2.45) is 0 Å². The van der Waals surface area contributed by atoms with E-state index in [1.54, 1.807) is 0 Å². The molecule has 1 aliphatic carbocycles. The molecular formula is C17H30N2O. The van der Waals surface area contributed by atoms with Gasteiger partial charge in [-0.3, -0.25) is 4.90 Å². The second kappa shape index (κ2) is 6.77. The predicted octanol–water partition coefficient (Wildman–Crippen LogP) is 3.93. The Kier molecular flexibility index (Phi) is 5.28. The van der Waals surface area contributed by atoms with Crippen LogP contribution in [0.4, 0.5) is 0 Å². The molecule has 1 fully saturated rings. The second-order valence-corrected chi connectivity index (χ2v) is 6.97. The van der Waals surface area contributed by atoms with Crippen LogP contribution in [0.1, 0.15) is 64.7 Å². The van der Waals surface area contributed by atoms with Gasteiger partial charge in [-0.25, -0.2) is 0 Å². The number of nitrogens with zero attached hydrogens (tertiary/aromatic N) is 1. The largest absolute Gasteiger partial charge is 0.468 e. The van der Waals surface area contributed by atoms with Crippen molar-refractivity contribution < 1.29 is 4.42 Å². The van der Waals surface area contributed by atoms with Gasteiger partial charge in [0.05, 0.1) is 12.8 Å². The topological polar surface area (TPSA) is 28.4 Å². The van der Waals surface area contributed by atoms with E-state index in [9.17, 15) is 0 Å². The van der Waals surface area contributed by atoms with Crippen molar-refractivity contribution in [2.45, 2.75) is 78.0 Å². The van der Waals surface area contributed by atoms with Gasteiger partial charge in [0, 0.05) is 23.7 Å². The molecule has 1 N–H and O–H groups in total. The quantitative estimate of drug-likeness (QED) is 0.854. The molecule has 0 aliphatic heterocycles. The van der Waals surface area contributed by atoms with E-state index in [0.717, 1.165) is 31.4 Å². The van der Waals surface area contributed by atoms with Crippen LogP contribution in [0.2, 0.25) is 0 Å². The maximum atomic E-state index is 5.74. The number of nitrogens with one attached hydrogen (secondary N) is 1.